The highest BCUT2D eigenvalue weighted by Gasteiger charge is 2.24. The highest BCUT2D eigenvalue weighted by atomic mass is 19.1. The van der Waals surface area contributed by atoms with Crippen molar-refractivity contribution < 1.29 is 23.0 Å². The maximum Gasteiger partial charge on any atom is 0.193 e. The normalized spacial score (nSPS) is 17.7. The Bertz CT molecular complexity index is 528. The van der Waals surface area contributed by atoms with Crippen molar-refractivity contribution in [3.63, 3.8) is 0 Å². The van der Waals surface area contributed by atoms with E-state index in [-0.39, 0.29) is 26.2 Å². The van der Waals surface area contributed by atoms with E-state index in [9.17, 15) is 8.78 Å². The van der Waals surface area contributed by atoms with Gasteiger partial charge in [-0.15, -0.1) is 0 Å². The Balaban J connectivity index is 2.09. The van der Waals surface area contributed by atoms with Gasteiger partial charge in [0.25, 0.3) is 0 Å². The minimum Gasteiger partial charge on any atom is -0.461 e. The van der Waals surface area contributed by atoms with Crippen molar-refractivity contribution in [1.82, 2.24) is 0 Å². The number of azide groups is 1. The minimum atomic E-state index is -0.819. The van der Waals surface area contributed by atoms with Gasteiger partial charge in [0.2, 0.25) is 0 Å². The number of benzene rings is 1. The zero-order valence-corrected chi connectivity index (χ0v) is 11.3. The Morgan fingerprint density at radius 1 is 1.48 bits per heavy atom. The summed E-state index contributed by atoms with van der Waals surface area (Å²) in [6.07, 6.45) is -0.295. The second kappa shape index (κ2) is 7.07. The van der Waals surface area contributed by atoms with Crippen LogP contribution < -0.4 is 9.64 Å². The van der Waals surface area contributed by atoms with Crippen LogP contribution in [0.1, 0.15) is 0 Å². The number of methoxy groups -OCH3 is 1. The fourth-order valence-corrected chi connectivity index (χ4v) is 1.95. The molecule has 1 aromatic rings. The summed E-state index contributed by atoms with van der Waals surface area (Å²) in [7, 11) is 1.36. The van der Waals surface area contributed by atoms with E-state index in [0.717, 1.165) is 12.1 Å². The molecule has 1 atom stereocenters. The Hall–Kier alpha value is -2.09. The van der Waals surface area contributed by atoms with Gasteiger partial charge < -0.3 is 19.1 Å². The van der Waals surface area contributed by atoms with E-state index in [1.165, 1.54) is 7.11 Å². The largest absolute Gasteiger partial charge is 0.461 e. The zero-order valence-electron chi connectivity index (χ0n) is 11.3. The number of anilines is 1. The molecular formula is C12H14F2N4O3. The van der Waals surface area contributed by atoms with Crippen LogP contribution in [0.5, 0.6) is 5.75 Å². The second-order valence-electron chi connectivity index (χ2n) is 4.34. The monoisotopic (exact) mass is 300 g/mol. The molecule has 2 rings (SSSR count). The van der Waals surface area contributed by atoms with Crippen LogP contribution in [-0.2, 0) is 9.47 Å². The highest BCUT2D eigenvalue weighted by Crippen LogP contribution is 2.29. The van der Waals surface area contributed by atoms with Crippen molar-refractivity contribution >= 4 is 5.69 Å². The summed E-state index contributed by atoms with van der Waals surface area (Å²) in [5.74, 6) is -2.12. The molecule has 1 aromatic carbocycles. The van der Waals surface area contributed by atoms with Crippen LogP contribution in [-0.4, -0.2) is 39.8 Å². The van der Waals surface area contributed by atoms with Crippen LogP contribution in [0.25, 0.3) is 10.4 Å². The number of ether oxygens (including phenoxy) is 3. The summed E-state index contributed by atoms with van der Waals surface area (Å²) in [5.41, 5.74) is 8.58. The summed E-state index contributed by atoms with van der Waals surface area (Å²) in [4.78, 5) is 4.29. The number of hydrogen-bond acceptors (Lipinski definition) is 5. The van der Waals surface area contributed by atoms with Crippen molar-refractivity contribution in [2.75, 3.05) is 38.6 Å². The molecule has 0 bridgehead atoms. The average molecular weight is 300 g/mol. The first-order valence-electron chi connectivity index (χ1n) is 6.14. The molecule has 9 heteroatoms. The number of hydrogen-bond donors (Lipinski definition) is 0. The molecule has 0 saturated carbocycles. The Morgan fingerprint density at radius 2 is 2.19 bits per heavy atom. The van der Waals surface area contributed by atoms with Crippen LogP contribution >= 0.6 is 0 Å². The third-order valence-corrected chi connectivity index (χ3v) is 2.91. The lowest BCUT2D eigenvalue weighted by Crippen LogP contribution is -2.23. The smallest absolute Gasteiger partial charge is 0.193 e. The molecule has 0 spiro atoms. The van der Waals surface area contributed by atoms with E-state index in [1.54, 1.807) is 4.90 Å². The standard InChI is InChI=1S/C12H14F2N4O3/c1-19-7-21-12-10(13)2-8(3-11(12)14)18-5-9(20-6-18)4-16-17-15/h2-3,9H,4-7H2,1H3/t9-/m0/s1. The molecule has 0 aliphatic carbocycles. The van der Waals surface area contributed by atoms with Crippen LogP contribution in [0.3, 0.4) is 0 Å². The summed E-state index contributed by atoms with van der Waals surface area (Å²) < 4.78 is 42.5. The lowest BCUT2D eigenvalue weighted by molar-refractivity contribution is 0.0452. The van der Waals surface area contributed by atoms with Gasteiger partial charge in [-0.05, 0) is 5.53 Å². The lowest BCUT2D eigenvalue weighted by Gasteiger charge is -2.17. The fraction of sp³-hybridized carbons (Fsp3) is 0.500. The molecule has 0 radical (unpaired) electrons. The zero-order chi connectivity index (χ0) is 15.2. The minimum absolute atomic E-state index is 0.169. The Kier molecular flexibility index (Phi) is 5.15. The first kappa shape index (κ1) is 15.3. The van der Waals surface area contributed by atoms with Gasteiger partial charge in [0, 0.05) is 36.4 Å². The predicted molar refractivity (Wildman–Crippen MR) is 70.0 cm³/mol. The average Bonchev–Trinajstić information content (AvgIpc) is 2.93. The van der Waals surface area contributed by atoms with Crippen molar-refractivity contribution in [2.24, 2.45) is 5.11 Å². The molecule has 1 saturated heterocycles. The van der Waals surface area contributed by atoms with Crippen LogP contribution in [0.2, 0.25) is 0 Å². The van der Waals surface area contributed by atoms with Gasteiger partial charge in [-0.25, -0.2) is 8.78 Å². The molecule has 1 heterocycles. The second-order valence-corrected chi connectivity index (χ2v) is 4.34. The van der Waals surface area contributed by atoms with Crippen molar-refractivity contribution in [3.05, 3.63) is 34.2 Å². The maximum absolute atomic E-state index is 13.8. The predicted octanol–water partition coefficient (Wildman–Crippen LogP) is 2.42. The first-order valence-corrected chi connectivity index (χ1v) is 6.14. The van der Waals surface area contributed by atoms with E-state index >= 15 is 0 Å². The number of nitrogens with zero attached hydrogens (tertiary/aromatic N) is 4. The molecular weight excluding hydrogens is 286 g/mol. The van der Waals surface area contributed by atoms with Gasteiger partial charge in [0.1, 0.15) is 6.73 Å². The maximum atomic E-state index is 13.8. The third kappa shape index (κ3) is 3.72. The van der Waals surface area contributed by atoms with Gasteiger partial charge in [-0.3, -0.25) is 0 Å². The molecule has 7 nitrogen and oxygen atoms in total. The van der Waals surface area contributed by atoms with E-state index in [1.807, 2.05) is 0 Å². The number of rotatable bonds is 6. The van der Waals surface area contributed by atoms with E-state index in [0.29, 0.717) is 12.2 Å². The van der Waals surface area contributed by atoms with Gasteiger partial charge in [-0.1, -0.05) is 5.11 Å². The fourth-order valence-electron chi connectivity index (χ4n) is 1.95. The first-order chi connectivity index (χ1) is 10.2. The molecule has 1 fully saturated rings. The molecule has 1 aliphatic heterocycles. The van der Waals surface area contributed by atoms with Crippen LogP contribution in [0.4, 0.5) is 14.5 Å². The van der Waals surface area contributed by atoms with Crippen molar-refractivity contribution in [3.8, 4) is 5.75 Å². The van der Waals surface area contributed by atoms with E-state index < -0.39 is 17.4 Å². The molecule has 0 amide bonds. The summed E-state index contributed by atoms with van der Waals surface area (Å²) in [6.45, 7) is 0.486. The van der Waals surface area contributed by atoms with Gasteiger partial charge in [0.15, 0.2) is 24.2 Å². The summed E-state index contributed by atoms with van der Waals surface area (Å²) in [6, 6.07) is 2.32. The van der Waals surface area contributed by atoms with Crippen molar-refractivity contribution in [2.45, 2.75) is 6.10 Å². The Morgan fingerprint density at radius 3 is 2.81 bits per heavy atom. The molecule has 0 aromatic heterocycles. The lowest BCUT2D eigenvalue weighted by atomic mass is 10.2. The van der Waals surface area contributed by atoms with Gasteiger partial charge in [0.05, 0.1) is 12.6 Å². The summed E-state index contributed by atoms with van der Waals surface area (Å²) >= 11 is 0. The number of halogens is 2. The highest BCUT2D eigenvalue weighted by molar-refractivity contribution is 5.51. The third-order valence-electron chi connectivity index (χ3n) is 2.91. The topological polar surface area (TPSA) is 79.7 Å². The quantitative estimate of drug-likeness (QED) is 0.350. The SMILES string of the molecule is COCOc1c(F)cc(N2CO[C@@H](CN=[N+]=[N-])C2)cc1F. The molecule has 114 valence electrons. The summed E-state index contributed by atoms with van der Waals surface area (Å²) in [5, 5.41) is 3.41. The van der Waals surface area contributed by atoms with Crippen LogP contribution in [0, 0.1) is 11.6 Å². The Labute approximate surface area is 119 Å². The molecule has 1 aliphatic rings. The van der Waals surface area contributed by atoms with E-state index in [4.69, 9.17) is 15.0 Å². The van der Waals surface area contributed by atoms with Gasteiger partial charge >= 0.3 is 0 Å². The van der Waals surface area contributed by atoms with Crippen LogP contribution in [0.15, 0.2) is 17.2 Å². The molecule has 0 N–H and O–H groups in total. The van der Waals surface area contributed by atoms with E-state index in [2.05, 4.69) is 14.8 Å². The van der Waals surface area contributed by atoms with Crippen molar-refractivity contribution in [1.29, 1.82) is 0 Å². The van der Waals surface area contributed by atoms with Gasteiger partial charge in [-0.2, -0.15) is 0 Å². The molecule has 0 unspecified atom stereocenters. The molecule has 21 heavy (non-hydrogen) atoms.